The molecule has 3 aromatic rings. The molecule has 0 bridgehead atoms. The number of imide groups is 1. The number of hydrogen-bond acceptors (Lipinski definition) is 7. The molecule has 1 heterocycles. The molecule has 0 atom stereocenters. The number of tetrazole rings is 1. The van der Waals surface area contributed by atoms with Crippen LogP contribution in [0.15, 0.2) is 47.6 Å². The molecule has 9 nitrogen and oxygen atoms in total. The first-order valence-electron chi connectivity index (χ1n) is 8.31. The smallest absolute Gasteiger partial charge is 0.325 e. The van der Waals surface area contributed by atoms with Crippen molar-refractivity contribution in [3.05, 3.63) is 53.6 Å². The molecular weight excluding hydrogens is 380 g/mol. The molecule has 0 aliphatic carbocycles. The van der Waals surface area contributed by atoms with Crippen molar-refractivity contribution < 1.29 is 14.7 Å². The van der Waals surface area contributed by atoms with Gasteiger partial charge in [0.2, 0.25) is 11.1 Å². The number of thioether (sulfide) groups is 1. The summed E-state index contributed by atoms with van der Waals surface area (Å²) in [6, 6.07) is 11.3. The molecule has 3 amide bonds. The minimum absolute atomic E-state index is 0.0429. The zero-order valence-electron chi connectivity index (χ0n) is 15.2. The average molecular weight is 398 g/mol. The summed E-state index contributed by atoms with van der Waals surface area (Å²) >= 11 is 1.09. The minimum Gasteiger partial charge on any atom is -0.508 e. The van der Waals surface area contributed by atoms with Crippen molar-refractivity contribution in [3.8, 4) is 11.4 Å². The van der Waals surface area contributed by atoms with Crippen LogP contribution in [-0.4, -0.2) is 43.0 Å². The molecule has 0 saturated heterocycles. The highest BCUT2D eigenvalue weighted by molar-refractivity contribution is 7.99. The fourth-order valence-corrected chi connectivity index (χ4v) is 3.12. The molecule has 3 N–H and O–H groups in total. The Kier molecular flexibility index (Phi) is 5.90. The van der Waals surface area contributed by atoms with Gasteiger partial charge in [-0.15, -0.1) is 5.10 Å². The Labute approximate surface area is 165 Å². The third-order valence-electron chi connectivity index (χ3n) is 3.75. The van der Waals surface area contributed by atoms with E-state index in [1.807, 2.05) is 26.0 Å². The Morgan fingerprint density at radius 3 is 2.61 bits per heavy atom. The lowest BCUT2D eigenvalue weighted by Crippen LogP contribution is -2.35. The van der Waals surface area contributed by atoms with Crippen LogP contribution in [0.4, 0.5) is 10.5 Å². The van der Waals surface area contributed by atoms with E-state index in [4.69, 9.17) is 0 Å². The van der Waals surface area contributed by atoms with E-state index >= 15 is 0 Å². The number of phenols is 1. The maximum atomic E-state index is 12.1. The highest BCUT2D eigenvalue weighted by Crippen LogP contribution is 2.20. The maximum Gasteiger partial charge on any atom is 0.325 e. The van der Waals surface area contributed by atoms with E-state index in [1.165, 1.54) is 16.8 Å². The van der Waals surface area contributed by atoms with E-state index < -0.39 is 11.9 Å². The van der Waals surface area contributed by atoms with Crippen molar-refractivity contribution in [2.75, 3.05) is 11.1 Å². The van der Waals surface area contributed by atoms with Gasteiger partial charge in [-0.1, -0.05) is 29.5 Å². The number of amides is 3. The van der Waals surface area contributed by atoms with E-state index in [1.54, 1.807) is 18.2 Å². The van der Waals surface area contributed by atoms with Crippen LogP contribution in [0.1, 0.15) is 11.1 Å². The maximum absolute atomic E-state index is 12.1. The number of hydrogen-bond donors (Lipinski definition) is 3. The largest absolute Gasteiger partial charge is 0.508 e. The standard InChI is InChI=1S/C18H18N6O3S/c1-11-3-8-15(12(2)9-11)19-17(27)20-16(26)10-28-18-21-22-23-24(18)13-4-6-14(25)7-5-13/h3-9,25H,10H2,1-2H3,(H2,19,20,26,27). The number of nitrogens with zero attached hydrogens (tertiary/aromatic N) is 4. The highest BCUT2D eigenvalue weighted by Gasteiger charge is 2.14. The van der Waals surface area contributed by atoms with Crippen molar-refractivity contribution in [2.45, 2.75) is 19.0 Å². The fraction of sp³-hybridized carbons (Fsp3) is 0.167. The Balaban J connectivity index is 1.55. The molecule has 0 spiro atoms. The summed E-state index contributed by atoms with van der Waals surface area (Å²) in [7, 11) is 0. The van der Waals surface area contributed by atoms with Gasteiger partial charge in [0.25, 0.3) is 0 Å². The van der Waals surface area contributed by atoms with E-state index in [0.717, 1.165) is 22.9 Å². The molecule has 0 aliphatic rings. The second kappa shape index (κ2) is 8.53. The van der Waals surface area contributed by atoms with Gasteiger partial charge in [-0.2, -0.15) is 4.68 Å². The first-order valence-corrected chi connectivity index (χ1v) is 9.29. The van der Waals surface area contributed by atoms with E-state index in [-0.39, 0.29) is 11.5 Å². The van der Waals surface area contributed by atoms with Crippen LogP contribution in [0, 0.1) is 13.8 Å². The molecule has 28 heavy (non-hydrogen) atoms. The monoisotopic (exact) mass is 398 g/mol. The molecule has 0 fully saturated rings. The fourth-order valence-electron chi connectivity index (χ4n) is 2.43. The van der Waals surface area contributed by atoms with Crippen LogP contribution in [0.2, 0.25) is 0 Å². The van der Waals surface area contributed by atoms with E-state index in [2.05, 4.69) is 26.2 Å². The second-order valence-corrected chi connectivity index (χ2v) is 6.94. The first kappa shape index (κ1) is 19.4. The van der Waals surface area contributed by atoms with Crippen LogP contribution in [0.25, 0.3) is 5.69 Å². The SMILES string of the molecule is Cc1ccc(NC(=O)NC(=O)CSc2nnnn2-c2ccc(O)cc2)c(C)c1. The molecular formula is C18H18N6O3S. The first-order chi connectivity index (χ1) is 13.4. The van der Waals surface area contributed by atoms with Gasteiger partial charge in [-0.3, -0.25) is 10.1 Å². The Morgan fingerprint density at radius 2 is 1.89 bits per heavy atom. The number of aromatic nitrogens is 4. The summed E-state index contributed by atoms with van der Waals surface area (Å²) in [6.45, 7) is 3.84. The van der Waals surface area contributed by atoms with Crippen LogP contribution in [-0.2, 0) is 4.79 Å². The topological polar surface area (TPSA) is 122 Å². The predicted octanol–water partition coefficient (Wildman–Crippen LogP) is 2.43. The molecule has 0 unspecified atom stereocenters. The van der Waals surface area contributed by atoms with Gasteiger partial charge in [0.15, 0.2) is 0 Å². The second-order valence-electron chi connectivity index (χ2n) is 6.00. The number of aromatic hydroxyl groups is 1. The minimum atomic E-state index is -0.601. The van der Waals surface area contributed by atoms with Gasteiger partial charge in [0.1, 0.15) is 5.75 Å². The van der Waals surface area contributed by atoms with Crippen molar-refractivity contribution in [1.82, 2.24) is 25.5 Å². The number of anilines is 1. The van der Waals surface area contributed by atoms with Gasteiger partial charge < -0.3 is 10.4 Å². The average Bonchev–Trinajstić information content (AvgIpc) is 3.11. The van der Waals surface area contributed by atoms with Crippen LogP contribution in [0.3, 0.4) is 0 Å². The van der Waals surface area contributed by atoms with Crippen molar-refractivity contribution >= 4 is 29.4 Å². The number of phenolic OH excluding ortho intramolecular Hbond substituents is 1. The molecule has 1 aromatic heterocycles. The normalized spacial score (nSPS) is 10.5. The zero-order chi connectivity index (χ0) is 20.1. The van der Waals surface area contributed by atoms with Crippen LogP contribution in [0.5, 0.6) is 5.75 Å². The predicted molar refractivity (Wildman–Crippen MR) is 105 cm³/mol. The highest BCUT2D eigenvalue weighted by atomic mass is 32.2. The number of carbonyl (C=O) groups is 2. The lowest BCUT2D eigenvalue weighted by atomic mass is 10.1. The molecule has 10 heteroatoms. The zero-order valence-corrected chi connectivity index (χ0v) is 16.0. The van der Waals surface area contributed by atoms with Crippen molar-refractivity contribution in [3.63, 3.8) is 0 Å². The summed E-state index contributed by atoms with van der Waals surface area (Å²) in [6.07, 6.45) is 0. The molecule has 3 rings (SSSR count). The Hall–Kier alpha value is -3.40. The summed E-state index contributed by atoms with van der Waals surface area (Å²) in [5.41, 5.74) is 3.27. The number of rotatable bonds is 5. The Morgan fingerprint density at radius 1 is 1.14 bits per heavy atom. The quantitative estimate of drug-likeness (QED) is 0.564. The molecule has 0 aliphatic heterocycles. The summed E-state index contributed by atoms with van der Waals surface area (Å²) in [5, 5.41) is 26.0. The summed E-state index contributed by atoms with van der Waals surface area (Å²) in [5.74, 6) is -0.397. The number of aryl methyl sites for hydroxylation is 2. The van der Waals surface area contributed by atoms with Gasteiger partial charge >= 0.3 is 6.03 Å². The van der Waals surface area contributed by atoms with Crippen LogP contribution < -0.4 is 10.6 Å². The number of urea groups is 1. The number of carbonyl (C=O) groups excluding carboxylic acids is 2. The van der Waals surface area contributed by atoms with Gasteiger partial charge in [0, 0.05) is 5.69 Å². The lowest BCUT2D eigenvalue weighted by molar-refractivity contribution is -0.117. The number of nitrogens with one attached hydrogen (secondary N) is 2. The molecule has 0 saturated carbocycles. The van der Waals surface area contributed by atoms with Gasteiger partial charge in [-0.05, 0) is 60.2 Å². The lowest BCUT2D eigenvalue weighted by Gasteiger charge is -2.09. The Bertz CT molecular complexity index is 1000. The van der Waals surface area contributed by atoms with Gasteiger partial charge in [0.05, 0.1) is 11.4 Å². The van der Waals surface area contributed by atoms with Crippen molar-refractivity contribution in [1.29, 1.82) is 0 Å². The van der Waals surface area contributed by atoms with Crippen molar-refractivity contribution in [2.24, 2.45) is 0 Å². The molecule has 2 aromatic carbocycles. The summed E-state index contributed by atoms with van der Waals surface area (Å²) in [4.78, 5) is 24.1. The van der Waals surface area contributed by atoms with E-state index in [0.29, 0.717) is 16.5 Å². The van der Waals surface area contributed by atoms with Gasteiger partial charge in [-0.25, -0.2) is 4.79 Å². The molecule has 144 valence electrons. The van der Waals surface area contributed by atoms with E-state index in [9.17, 15) is 14.7 Å². The number of benzene rings is 2. The third kappa shape index (κ3) is 4.86. The molecule has 0 radical (unpaired) electrons. The third-order valence-corrected chi connectivity index (χ3v) is 4.67. The summed E-state index contributed by atoms with van der Waals surface area (Å²) < 4.78 is 1.44. The van der Waals surface area contributed by atoms with Crippen LogP contribution >= 0.6 is 11.8 Å².